The third-order valence-electron chi connectivity index (χ3n) is 3.58. The van der Waals surface area contributed by atoms with Gasteiger partial charge in [-0.15, -0.1) is 0 Å². The van der Waals surface area contributed by atoms with Crippen LogP contribution in [0.5, 0.6) is 5.75 Å². The van der Waals surface area contributed by atoms with E-state index in [-0.39, 0.29) is 6.04 Å². The Labute approximate surface area is 119 Å². The molecule has 2 rings (SSSR count). The summed E-state index contributed by atoms with van der Waals surface area (Å²) in [7, 11) is 1.70. The molecule has 1 saturated heterocycles. The standard InChI is InChI=1S/C15H23NO2S/c1-10-4-5-14(17-3)12(8-10)13(16)9-19-15-6-7-18-11(15)2/h4-5,8,11,13,15H,6-7,9,16H2,1-3H3. The van der Waals surface area contributed by atoms with Gasteiger partial charge in [0.25, 0.3) is 0 Å². The van der Waals surface area contributed by atoms with Gasteiger partial charge in [-0.2, -0.15) is 11.8 Å². The summed E-state index contributed by atoms with van der Waals surface area (Å²) in [6.45, 7) is 5.10. The minimum Gasteiger partial charge on any atom is -0.496 e. The molecule has 1 fully saturated rings. The van der Waals surface area contributed by atoms with Gasteiger partial charge in [-0.1, -0.05) is 17.7 Å². The van der Waals surface area contributed by atoms with Crippen LogP contribution in [-0.2, 0) is 4.74 Å². The minimum absolute atomic E-state index is 0.00708. The number of rotatable bonds is 5. The molecule has 0 aliphatic carbocycles. The van der Waals surface area contributed by atoms with Gasteiger partial charge in [-0.05, 0) is 26.3 Å². The van der Waals surface area contributed by atoms with E-state index in [1.54, 1.807) is 7.11 Å². The van der Waals surface area contributed by atoms with Crippen LogP contribution in [0, 0.1) is 6.92 Å². The van der Waals surface area contributed by atoms with Crippen LogP contribution in [-0.4, -0.2) is 30.8 Å². The van der Waals surface area contributed by atoms with Crippen molar-refractivity contribution in [2.45, 2.75) is 37.7 Å². The lowest BCUT2D eigenvalue weighted by atomic mass is 10.1. The first-order valence-corrected chi connectivity index (χ1v) is 7.80. The molecule has 1 aromatic carbocycles. The topological polar surface area (TPSA) is 44.5 Å². The summed E-state index contributed by atoms with van der Waals surface area (Å²) in [6.07, 6.45) is 1.47. The van der Waals surface area contributed by atoms with Gasteiger partial charge in [0, 0.05) is 29.2 Å². The first-order chi connectivity index (χ1) is 9.11. The van der Waals surface area contributed by atoms with Crippen LogP contribution in [0.25, 0.3) is 0 Å². The van der Waals surface area contributed by atoms with Crippen molar-refractivity contribution in [3.05, 3.63) is 29.3 Å². The summed E-state index contributed by atoms with van der Waals surface area (Å²) in [5.41, 5.74) is 8.64. The van der Waals surface area contributed by atoms with Crippen molar-refractivity contribution in [3.63, 3.8) is 0 Å². The molecule has 0 spiro atoms. The molecule has 0 bridgehead atoms. The number of hydrogen-bond acceptors (Lipinski definition) is 4. The maximum atomic E-state index is 6.32. The molecule has 3 atom stereocenters. The number of hydrogen-bond donors (Lipinski definition) is 1. The van der Waals surface area contributed by atoms with Gasteiger partial charge in [0.1, 0.15) is 5.75 Å². The van der Waals surface area contributed by atoms with Crippen molar-refractivity contribution in [1.29, 1.82) is 0 Å². The van der Waals surface area contributed by atoms with Gasteiger partial charge in [0.15, 0.2) is 0 Å². The highest BCUT2D eigenvalue weighted by Gasteiger charge is 2.25. The molecule has 1 aromatic rings. The van der Waals surface area contributed by atoms with Crippen molar-refractivity contribution in [2.24, 2.45) is 5.73 Å². The maximum absolute atomic E-state index is 6.32. The fourth-order valence-electron chi connectivity index (χ4n) is 2.39. The van der Waals surface area contributed by atoms with Gasteiger partial charge in [-0.25, -0.2) is 0 Å². The zero-order valence-electron chi connectivity index (χ0n) is 11.9. The van der Waals surface area contributed by atoms with E-state index in [1.807, 2.05) is 17.8 Å². The molecule has 0 amide bonds. The fraction of sp³-hybridized carbons (Fsp3) is 0.600. The highest BCUT2D eigenvalue weighted by Crippen LogP contribution is 2.32. The number of nitrogens with two attached hydrogens (primary N) is 1. The summed E-state index contributed by atoms with van der Waals surface area (Å²) in [5, 5.41) is 0.571. The second kappa shape index (κ2) is 6.64. The highest BCUT2D eigenvalue weighted by molar-refractivity contribution is 8.00. The quantitative estimate of drug-likeness (QED) is 0.901. The normalized spacial score (nSPS) is 24.4. The Bertz CT molecular complexity index is 425. The molecule has 1 aliphatic heterocycles. The number of benzene rings is 1. The Morgan fingerprint density at radius 3 is 2.95 bits per heavy atom. The number of aryl methyl sites for hydroxylation is 1. The molecule has 0 radical (unpaired) electrons. The van der Waals surface area contributed by atoms with Gasteiger partial charge in [-0.3, -0.25) is 0 Å². The lowest BCUT2D eigenvalue weighted by Crippen LogP contribution is -2.19. The van der Waals surface area contributed by atoms with Crippen molar-refractivity contribution < 1.29 is 9.47 Å². The van der Waals surface area contributed by atoms with E-state index in [4.69, 9.17) is 15.2 Å². The number of methoxy groups -OCH3 is 1. The first kappa shape index (κ1) is 14.7. The van der Waals surface area contributed by atoms with E-state index in [0.29, 0.717) is 11.4 Å². The summed E-state index contributed by atoms with van der Waals surface area (Å²) in [5.74, 6) is 1.78. The Morgan fingerprint density at radius 2 is 2.32 bits per heavy atom. The van der Waals surface area contributed by atoms with E-state index in [9.17, 15) is 0 Å². The smallest absolute Gasteiger partial charge is 0.123 e. The molecule has 106 valence electrons. The molecule has 19 heavy (non-hydrogen) atoms. The van der Waals surface area contributed by atoms with Crippen molar-refractivity contribution in [3.8, 4) is 5.75 Å². The zero-order chi connectivity index (χ0) is 13.8. The van der Waals surface area contributed by atoms with E-state index >= 15 is 0 Å². The fourth-order valence-corrected chi connectivity index (χ4v) is 3.64. The second-order valence-corrected chi connectivity index (χ2v) is 6.36. The van der Waals surface area contributed by atoms with Crippen LogP contribution in [0.1, 0.15) is 30.5 Å². The van der Waals surface area contributed by atoms with Crippen molar-refractivity contribution >= 4 is 11.8 Å². The SMILES string of the molecule is COc1ccc(C)cc1C(N)CSC1CCOC1C. The Kier molecular flexibility index (Phi) is 5.13. The monoisotopic (exact) mass is 281 g/mol. The molecule has 3 unspecified atom stereocenters. The predicted molar refractivity (Wildman–Crippen MR) is 80.9 cm³/mol. The third kappa shape index (κ3) is 3.65. The predicted octanol–water partition coefficient (Wildman–Crippen LogP) is 2.91. The van der Waals surface area contributed by atoms with Crippen LogP contribution in [0.4, 0.5) is 0 Å². The summed E-state index contributed by atoms with van der Waals surface area (Å²) < 4.78 is 11.0. The van der Waals surface area contributed by atoms with Crippen LogP contribution in [0.15, 0.2) is 18.2 Å². The van der Waals surface area contributed by atoms with Gasteiger partial charge in [0.2, 0.25) is 0 Å². The Morgan fingerprint density at radius 1 is 1.53 bits per heavy atom. The van der Waals surface area contributed by atoms with E-state index < -0.39 is 0 Å². The Balaban J connectivity index is 1.99. The average Bonchev–Trinajstić information content (AvgIpc) is 2.81. The van der Waals surface area contributed by atoms with Gasteiger partial charge < -0.3 is 15.2 Å². The molecular weight excluding hydrogens is 258 g/mol. The summed E-state index contributed by atoms with van der Waals surface area (Å²) >= 11 is 1.91. The summed E-state index contributed by atoms with van der Waals surface area (Å²) in [6, 6.07) is 6.18. The molecule has 4 heteroatoms. The molecule has 0 aromatic heterocycles. The van der Waals surface area contributed by atoms with E-state index in [0.717, 1.165) is 30.1 Å². The highest BCUT2D eigenvalue weighted by atomic mass is 32.2. The molecule has 0 saturated carbocycles. The number of thioether (sulfide) groups is 1. The van der Waals surface area contributed by atoms with Crippen LogP contribution >= 0.6 is 11.8 Å². The van der Waals surface area contributed by atoms with E-state index in [1.165, 1.54) is 5.56 Å². The van der Waals surface area contributed by atoms with Crippen molar-refractivity contribution in [2.75, 3.05) is 19.5 Å². The average molecular weight is 281 g/mol. The minimum atomic E-state index is 0.00708. The second-order valence-electron chi connectivity index (χ2n) is 5.09. The largest absolute Gasteiger partial charge is 0.496 e. The number of ether oxygens (including phenoxy) is 2. The maximum Gasteiger partial charge on any atom is 0.123 e. The van der Waals surface area contributed by atoms with Crippen LogP contribution < -0.4 is 10.5 Å². The van der Waals surface area contributed by atoms with E-state index in [2.05, 4.69) is 26.0 Å². The lowest BCUT2D eigenvalue weighted by Gasteiger charge is -2.19. The molecular formula is C15H23NO2S. The summed E-state index contributed by atoms with van der Waals surface area (Å²) in [4.78, 5) is 0. The first-order valence-electron chi connectivity index (χ1n) is 6.75. The Hall–Kier alpha value is -0.710. The van der Waals surface area contributed by atoms with Gasteiger partial charge in [0.05, 0.1) is 13.2 Å². The molecule has 1 heterocycles. The molecule has 3 nitrogen and oxygen atoms in total. The van der Waals surface area contributed by atoms with Gasteiger partial charge >= 0.3 is 0 Å². The van der Waals surface area contributed by atoms with Crippen LogP contribution in [0.2, 0.25) is 0 Å². The zero-order valence-corrected chi connectivity index (χ0v) is 12.7. The molecule has 2 N–H and O–H groups in total. The molecule has 1 aliphatic rings. The third-order valence-corrected chi connectivity index (χ3v) is 5.18. The van der Waals surface area contributed by atoms with Crippen molar-refractivity contribution in [1.82, 2.24) is 0 Å². The lowest BCUT2D eigenvalue weighted by molar-refractivity contribution is 0.127. The van der Waals surface area contributed by atoms with Crippen LogP contribution in [0.3, 0.4) is 0 Å².